The third kappa shape index (κ3) is 1.58. The number of aromatic nitrogens is 2. The molecule has 16 heavy (non-hydrogen) atoms. The van der Waals surface area contributed by atoms with Gasteiger partial charge in [0.25, 0.3) is 0 Å². The number of carbonyl (C=O) groups is 1. The van der Waals surface area contributed by atoms with Crippen LogP contribution in [-0.2, 0) is 7.05 Å². The van der Waals surface area contributed by atoms with Gasteiger partial charge in [-0.15, -0.1) is 0 Å². The Morgan fingerprint density at radius 1 is 1.31 bits per heavy atom. The van der Waals surface area contributed by atoms with Gasteiger partial charge in [0, 0.05) is 24.5 Å². The minimum Gasteiger partial charge on any atom is -0.302 e. The van der Waals surface area contributed by atoms with Crippen molar-refractivity contribution in [2.75, 3.05) is 0 Å². The average Bonchev–Trinajstić information content (AvgIpc) is 2.53. The summed E-state index contributed by atoms with van der Waals surface area (Å²) in [6, 6.07) is 6.97. The lowest BCUT2D eigenvalue weighted by molar-refractivity contribution is 0.112. The van der Waals surface area contributed by atoms with E-state index >= 15 is 0 Å². The Morgan fingerprint density at radius 2 is 2.06 bits per heavy atom. The van der Waals surface area contributed by atoms with Crippen LogP contribution in [0, 0.1) is 6.92 Å². The Kier molecular flexibility index (Phi) is 2.48. The summed E-state index contributed by atoms with van der Waals surface area (Å²) in [5.41, 5.74) is 2.01. The summed E-state index contributed by atoms with van der Waals surface area (Å²) >= 11 is 0. The summed E-state index contributed by atoms with van der Waals surface area (Å²) in [4.78, 5) is 22.5. The average molecular weight is 216 g/mol. The van der Waals surface area contributed by atoms with Crippen LogP contribution in [0.1, 0.15) is 16.1 Å². The van der Waals surface area contributed by atoms with Crippen molar-refractivity contribution >= 4 is 6.29 Å². The number of imidazole rings is 1. The maximum Gasteiger partial charge on any atom is 0.332 e. The van der Waals surface area contributed by atoms with E-state index in [1.165, 1.54) is 4.57 Å². The predicted molar refractivity (Wildman–Crippen MR) is 61.1 cm³/mol. The molecule has 0 radical (unpaired) electrons. The predicted octanol–water partition coefficient (Wildman–Crippen LogP) is 1.30. The number of nitrogens with zero attached hydrogens (tertiary/aromatic N) is 2. The molecule has 1 aromatic heterocycles. The highest BCUT2D eigenvalue weighted by Gasteiger charge is 2.07. The van der Waals surface area contributed by atoms with E-state index in [4.69, 9.17) is 0 Å². The molecule has 0 spiro atoms. The Bertz CT molecular complexity index is 593. The van der Waals surface area contributed by atoms with E-state index in [9.17, 15) is 9.59 Å². The van der Waals surface area contributed by atoms with Gasteiger partial charge in [-0.2, -0.15) is 0 Å². The molecule has 0 aliphatic rings. The highest BCUT2D eigenvalue weighted by Crippen LogP contribution is 2.10. The maximum absolute atomic E-state index is 11.8. The van der Waals surface area contributed by atoms with Gasteiger partial charge < -0.3 is 4.57 Å². The van der Waals surface area contributed by atoms with Crippen molar-refractivity contribution in [2.24, 2.45) is 7.05 Å². The highest BCUT2D eigenvalue weighted by atomic mass is 16.1. The van der Waals surface area contributed by atoms with Crippen LogP contribution < -0.4 is 5.69 Å². The van der Waals surface area contributed by atoms with E-state index in [1.807, 2.05) is 6.92 Å². The second kappa shape index (κ2) is 3.81. The number of benzene rings is 1. The van der Waals surface area contributed by atoms with Crippen molar-refractivity contribution in [3.63, 3.8) is 0 Å². The molecular weight excluding hydrogens is 204 g/mol. The molecule has 0 atom stereocenters. The standard InChI is InChI=1S/C12H12N2O2/c1-9-7-13(2)12(16)14(9)11-5-3-4-10(6-11)8-15/h3-8H,1-2H3. The number of hydrogen-bond donors (Lipinski definition) is 0. The molecule has 2 aromatic rings. The zero-order chi connectivity index (χ0) is 11.7. The number of aryl methyl sites for hydroxylation is 2. The molecule has 0 bridgehead atoms. The van der Waals surface area contributed by atoms with Gasteiger partial charge in [-0.1, -0.05) is 12.1 Å². The van der Waals surface area contributed by atoms with Crippen LogP contribution in [0.25, 0.3) is 5.69 Å². The maximum atomic E-state index is 11.8. The first-order valence-corrected chi connectivity index (χ1v) is 4.94. The van der Waals surface area contributed by atoms with Gasteiger partial charge in [-0.05, 0) is 19.1 Å². The Hall–Kier alpha value is -2.10. The zero-order valence-corrected chi connectivity index (χ0v) is 9.18. The molecule has 0 aliphatic heterocycles. The lowest BCUT2D eigenvalue weighted by Crippen LogP contribution is -2.21. The van der Waals surface area contributed by atoms with Crippen LogP contribution in [0.15, 0.2) is 35.3 Å². The fraction of sp³-hybridized carbons (Fsp3) is 0.167. The van der Waals surface area contributed by atoms with E-state index in [2.05, 4.69) is 0 Å². The molecule has 1 aromatic carbocycles. The molecule has 0 saturated carbocycles. The Morgan fingerprint density at radius 3 is 2.62 bits per heavy atom. The van der Waals surface area contributed by atoms with Crippen molar-refractivity contribution in [1.29, 1.82) is 0 Å². The molecule has 0 aliphatic carbocycles. The number of rotatable bonds is 2. The summed E-state index contributed by atoms with van der Waals surface area (Å²) in [5, 5.41) is 0. The van der Waals surface area contributed by atoms with E-state index in [0.717, 1.165) is 12.0 Å². The van der Waals surface area contributed by atoms with Crippen LogP contribution in [0.5, 0.6) is 0 Å². The quantitative estimate of drug-likeness (QED) is 0.710. The molecule has 0 unspecified atom stereocenters. The molecule has 82 valence electrons. The van der Waals surface area contributed by atoms with Gasteiger partial charge in [-0.3, -0.25) is 9.36 Å². The van der Waals surface area contributed by atoms with E-state index < -0.39 is 0 Å². The van der Waals surface area contributed by atoms with E-state index in [-0.39, 0.29) is 5.69 Å². The third-order valence-corrected chi connectivity index (χ3v) is 2.49. The number of carbonyl (C=O) groups excluding carboxylic acids is 1. The SMILES string of the molecule is Cc1cn(C)c(=O)n1-c1cccc(C=O)c1. The van der Waals surface area contributed by atoms with Crippen LogP contribution in [-0.4, -0.2) is 15.4 Å². The molecule has 0 amide bonds. The van der Waals surface area contributed by atoms with Crippen molar-refractivity contribution in [3.8, 4) is 5.69 Å². The van der Waals surface area contributed by atoms with Crippen LogP contribution in [0.2, 0.25) is 0 Å². The van der Waals surface area contributed by atoms with Gasteiger partial charge in [0.15, 0.2) is 0 Å². The second-order valence-corrected chi connectivity index (χ2v) is 3.71. The summed E-state index contributed by atoms with van der Waals surface area (Å²) < 4.78 is 3.09. The molecule has 0 N–H and O–H groups in total. The lowest BCUT2D eigenvalue weighted by atomic mass is 10.2. The molecule has 2 rings (SSSR count). The third-order valence-electron chi connectivity index (χ3n) is 2.49. The molecule has 0 saturated heterocycles. The van der Waals surface area contributed by atoms with E-state index in [1.54, 1.807) is 42.1 Å². The minimum absolute atomic E-state index is 0.111. The zero-order valence-electron chi connectivity index (χ0n) is 9.18. The minimum atomic E-state index is -0.111. The Balaban J connectivity index is 2.67. The van der Waals surface area contributed by atoms with Crippen molar-refractivity contribution in [1.82, 2.24) is 9.13 Å². The number of aldehydes is 1. The fourth-order valence-corrected chi connectivity index (χ4v) is 1.75. The summed E-state index contributed by atoms with van der Waals surface area (Å²) in [6.45, 7) is 1.86. The van der Waals surface area contributed by atoms with Crippen LogP contribution in [0.3, 0.4) is 0 Å². The van der Waals surface area contributed by atoms with Gasteiger partial charge in [0.05, 0.1) is 5.69 Å². The molecule has 0 fully saturated rings. The number of hydrogen-bond acceptors (Lipinski definition) is 2. The summed E-state index contributed by atoms with van der Waals surface area (Å²) in [6.07, 6.45) is 2.53. The van der Waals surface area contributed by atoms with Crippen molar-refractivity contribution in [3.05, 3.63) is 52.2 Å². The summed E-state index contributed by atoms with van der Waals surface area (Å²) in [5.74, 6) is 0. The molecule has 4 heteroatoms. The van der Waals surface area contributed by atoms with E-state index in [0.29, 0.717) is 11.3 Å². The first kappa shape index (κ1) is 10.4. The monoisotopic (exact) mass is 216 g/mol. The molecular formula is C12H12N2O2. The largest absolute Gasteiger partial charge is 0.332 e. The van der Waals surface area contributed by atoms with Gasteiger partial charge in [0.1, 0.15) is 6.29 Å². The Labute approximate surface area is 92.8 Å². The van der Waals surface area contributed by atoms with Crippen molar-refractivity contribution in [2.45, 2.75) is 6.92 Å². The van der Waals surface area contributed by atoms with Crippen molar-refractivity contribution < 1.29 is 4.79 Å². The molecule has 4 nitrogen and oxygen atoms in total. The fourth-order valence-electron chi connectivity index (χ4n) is 1.75. The van der Waals surface area contributed by atoms with Crippen LogP contribution in [0.4, 0.5) is 0 Å². The molecule has 1 heterocycles. The first-order valence-electron chi connectivity index (χ1n) is 4.94. The van der Waals surface area contributed by atoms with Gasteiger partial charge >= 0.3 is 5.69 Å². The van der Waals surface area contributed by atoms with Gasteiger partial charge in [0.2, 0.25) is 0 Å². The van der Waals surface area contributed by atoms with Gasteiger partial charge in [-0.25, -0.2) is 4.79 Å². The summed E-state index contributed by atoms with van der Waals surface area (Å²) in [7, 11) is 1.70. The second-order valence-electron chi connectivity index (χ2n) is 3.71. The smallest absolute Gasteiger partial charge is 0.302 e. The normalized spacial score (nSPS) is 10.4. The first-order chi connectivity index (χ1) is 7.63. The highest BCUT2D eigenvalue weighted by molar-refractivity contribution is 5.75. The topological polar surface area (TPSA) is 44.0 Å². The van der Waals surface area contributed by atoms with Crippen LogP contribution >= 0.6 is 0 Å². The lowest BCUT2D eigenvalue weighted by Gasteiger charge is -2.04.